The number of carbonyl (C=O) groups excluding carboxylic acids is 2. The Morgan fingerprint density at radius 2 is 1.51 bits per heavy atom. The Morgan fingerprint density at radius 3 is 2.16 bits per heavy atom. The number of hydrogen-bond acceptors (Lipinski definition) is 4. The third-order valence-corrected chi connectivity index (χ3v) is 8.36. The molecule has 8 nitrogen and oxygen atoms in total. The van der Waals surface area contributed by atoms with Gasteiger partial charge in [-0.1, -0.05) is 92.7 Å². The first-order chi connectivity index (χ1) is 20.8. The van der Waals surface area contributed by atoms with Crippen LogP contribution in [0.3, 0.4) is 0 Å². The van der Waals surface area contributed by atoms with Gasteiger partial charge in [0, 0.05) is 22.9 Å². The van der Waals surface area contributed by atoms with Crippen LogP contribution in [0.25, 0.3) is 22.2 Å². The fraction of sp³-hybridized carbons (Fsp3) is 0.314. The van der Waals surface area contributed by atoms with E-state index in [-0.39, 0.29) is 41.2 Å². The van der Waals surface area contributed by atoms with Crippen molar-refractivity contribution in [3.8, 4) is 11.3 Å². The molecule has 222 valence electrons. The second-order valence-electron chi connectivity index (χ2n) is 11.7. The third kappa shape index (κ3) is 6.92. The number of rotatable bonds is 9. The predicted molar refractivity (Wildman–Crippen MR) is 167 cm³/mol. The summed E-state index contributed by atoms with van der Waals surface area (Å²) in [7, 11) is 0. The first-order valence-corrected chi connectivity index (χ1v) is 14.9. The molecule has 3 amide bonds. The maximum Gasteiger partial charge on any atom is 0.417 e. The monoisotopic (exact) mass is 579 g/mol. The molecule has 0 aliphatic carbocycles. The Hall–Kier alpha value is -4.56. The highest BCUT2D eigenvalue weighted by Gasteiger charge is 2.43. The summed E-state index contributed by atoms with van der Waals surface area (Å²) in [4.78, 5) is 45.1. The summed E-state index contributed by atoms with van der Waals surface area (Å²) >= 11 is 0. The number of amides is 3. The number of aliphatic carboxylic acids is 1. The molecule has 1 fully saturated rings. The fourth-order valence-corrected chi connectivity index (χ4v) is 5.92. The Balaban J connectivity index is 1.52. The van der Waals surface area contributed by atoms with Gasteiger partial charge in [-0.05, 0) is 23.6 Å². The highest BCUT2D eigenvalue weighted by molar-refractivity contribution is 5.83. The Kier molecular flexibility index (Phi) is 9.16. The van der Waals surface area contributed by atoms with E-state index in [0.29, 0.717) is 32.7 Å². The van der Waals surface area contributed by atoms with Crippen LogP contribution >= 0.6 is 0 Å². The quantitative estimate of drug-likeness (QED) is 0.236. The Morgan fingerprint density at radius 1 is 0.884 bits per heavy atom. The summed E-state index contributed by atoms with van der Waals surface area (Å²) in [6.45, 7) is 6.15. The molecule has 1 aliphatic heterocycles. The normalized spacial score (nSPS) is 15.3. The lowest BCUT2D eigenvalue weighted by Gasteiger charge is -2.43. The lowest BCUT2D eigenvalue weighted by atomic mass is 9.96. The average molecular weight is 580 g/mol. The molecule has 5 rings (SSSR count). The van der Waals surface area contributed by atoms with Crippen molar-refractivity contribution in [2.24, 2.45) is 5.92 Å². The number of nitrogens with one attached hydrogen (secondary N) is 1. The summed E-state index contributed by atoms with van der Waals surface area (Å²) in [5, 5.41) is 13.4. The number of benzene rings is 3. The molecule has 0 radical (unpaired) electrons. The molecule has 1 saturated heterocycles. The van der Waals surface area contributed by atoms with Crippen molar-refractivity contribution < 1.29 is 24.0 Å². The van der Waals surface area contributed by atoms with Crippen molar-refractivity contribution >= 4 is 28.8 Å². The van der Waals surface area contributed by atoms with Crippen LogP contribution in [0.4, 0.5) is 4.79 Å². The summed E-state index contributed by atoms with van der Waals surface area (Å²) in [5.74, 6) is -1.03. The van der Waals surface area contributed by atoms with Gasteiger partial charge in [0.2, 0.25) is 5.91 Å². The number of fused-ring (bicyclic) bond motifs is 1. The zero-order valence-corrected chi connectivity index (χ0v) is 24.8. The van der Waals surface area contributed by atoms with Crippen LogP contribution in [-0.2, 0) is 16.1 Å². The maximum atomic E-state index is 14.5. The second kappa shape index (κ2) is 13.2. The van der Waals surface area contributed by atoms with Crippen molar-refractivity contribution in [2.75, 3.05) is 26.2 Å². The van der Waals surface area contributed by atoms with E-state index in [1.165, 1.54) is 0 Å². The van der Waals surface area contributed by atoms with E-state index in [0.717, 1.165) is 33.3 Å². The number of aromatic nitrogens is 1. The SMILES string of the molecule is CC(C)[C@H](NC(=O)[N+]1(Cc2cc3ccccc3nc2-c2ccccc2)CCN(C(=O)CCC(=O)O)CC1)c1ccccc1. The summed E-state index contributed by atoms with van der Waals surface area (Å²) < 4.78 is 0.110. The van der Waals surface area contributed by atoms with Crippen molar-refractivity contribution in [1.82, 2.24) is 15.2 Å². The van der Waals surface area contributed by atoms with Gasteiger partial charge in [-0.15, -0.1) is 0 Å². The van der Waals surface area contributed by atoms with E-state index in [1.807, 2.05) is 84.9 Å². The Bertz CT molecular complexity index is 1580. The van der Waals surface area contributed by atoms with Gasteiger partial charge in [-0.25, -0.2) is 14.3 Å². The fourth-order valence-electron chi connectivity index (χ4n) is 5.92. The van der Waals surface area contributed by atoms with Crippen molar-refractivity contribution in [3.05, 3.63) is 102 Å². The lowest BCUT2D eigenvalue weighted by molar-refractivity contribution is -0.868. The zero-order chi connectivity index (χ0) is 30.4. The van der Waals surface area contributed by atoms with Crippen LogP contribution in [0.2, 0.25) is 0 Å². The van der Waals surface area contributed by atoms with Crippen LogP contribution < -0.4 is 5.32 Å². The minimum Gasteiger partial charge on any atom is -0.481 e. The number of carboxylic acid groups (broad SMARTS) is 1. The number of pyridine rings is 1. The van der Waals surface area contributed by atoms with Gasteiger partial charge in [0.05, 0.1) is 36.8 Å². The summed E-state index contributed by atoms with van der Waals surface area (Å²) in [6.07, 6.45) is -0.246. The minimum atomic E-state index is -0.993. The van der Waals surface area contributed by atoms with Crippen molar-refractivity contribution in [1.29, 1.82) is 0 Å². The molecular weight excluding hydrogens is 540 g/mol. The van der Waals surface area contributed by atoms with Gasteiger partial charge in [0.1, 0.15) is 19.6 Å². The summed E-state index contributed by atoms with van der Waals surface area (Å²) in [6, 6.07) is 29.9. The zero-order valence-electron chi connectivity index (χ0n) is 24.8. The molecule has 1 aromatic heterocycles. The largest absolute Gasteiger partial charge is 0.481 e. The van der Waals surface area contributed by atoms with Crippen LogP contribution in [0.5, 0.6) is 0 Å². The van der Waals surface area contributed by atoms with Crippen molar-refractivity contribution in [2.45, 2.75) is 39.3 Å². The maximum absolute atomic E-state index is 14.5. The summed E-state index contributed by atoms with van der Waals surface area (Å²) in [5.41, 5.74) is 4.72. The molecule has 2 heterocycles. The average Bonchev–Trinajstić information content (AvgIpc) is 3.03. The highest BCUT2D eigenvalue weighted by atomic mass is 16.4. The number of hydrogen-bond donors (Lipinski definition) is 2. The predicted octanol–water partition coefficient (Wildman–Crippen LogP) is 6.03. The number of carbonyl (C=O) groups is 3. The molecule has 0 saturated carbocycles. The molecule has 0 bridgehead atoms. The van der Waals surface area contributed by atoms with Crippen LogP contribution in [0.15, 0.2) is 91.0 Å². The van der Waals surface area contributed by atoms with Crippen LogP contribution in [0.1, 0.15) is 43.9 Å². The van der Waals surface area contributed by atoms with Gasteiger partial charge in [-0.2, -0.15) is 0 Å². The number of quaternary nitrogens is 1. The smallest absolute Gasteiger partial charge is 0.417 e. The minimum absolute atomic E-state index is 0.0439. The number of carboxylic acids is 1. The topological polar surface area (TPSA) is 99.6 Å². The van der Waals surface area contributed by atoms with E-state index < -0.39 is 5.97 Å². The third-order valence-electron chi connectivity index (χ3n) is 8.36. The van der Waals surface area contributed by atoms with E-state index in [9.17, 15) is 14.4 Å². The molecule has 1 atom stereocenters. The van der Waals surface area contributed by atoms with Crippen LogP contribution in [0, 0.1) is 5.92 Å². The highest BCUT2D eigenvalue weighted by Crippen LogP contribution is 2.31. The molecule has 0 spiro atoms. The molecule has 2 N–H and O–H groups in total. The molecule has 43 heavy (non-hydrogen) atoms. The number of para-hydroxylation sites is 1. The molecular formula is C35H39N4O4+. The van der Waals surface area contributed by atoms with Crippen LogP contribution in [-0.4, -0.2) is 63.6 Å². The molecule has 4 aromatic rings. The van der Waals surface area contributed by atoms with E-state index in [4.69, 9.17) is 10.1 Å². The van der Waals surface area contributed by atoms with Crippen molar-refractivity contribution in [3.63, 3.8) is 0 Å². The molecule has 0 unspecified atom stereocenters. The number of urea groups is 1. The molecule has 1 aliphatic rings. The van der Waals surface area contributed by atoms with Gasteiger partial charge >= 0.3 is 12.0 Å². The molecule has 3 aromatic carbocycles. The van der Waals surface area contributed by atoms with Gasteiger partial charge in [0.25, 0.3) is 0 Å². The van der Waals surface area contributed by atoms with Gasteiger partial charge in [-0.3, -0.25) is 14.9 Å². The number of nitrogens with zero attached hydrogens (tertiary/aromatic N) is 3. The van der Waals surface area contributed by atoms with E-state index in [1.54, 1.807) is 4.90 Å². The standard InChI is InChI=1S/C35H38N4O4/c1-25(2)33(26-11-5-3-6-12-26)37-35(43)39(21-19-38(20-22-39)31(40)17-18-32(41)42)24-29-23-28-15-9-10-16-30(28)36-34(29)27-13-7-4-8-14-27/h3-16,23,25,33H,17-22,24H2,1-2H3,(H-,37,41,42,43)/p+1/t33-/m0/s1. The van der Waals surface area contributed by atoms with E-state index in [2.05, 4.69) is 25.2 Å². The second-order valence-corrected chi connectivity index (χ2v) is 11.7. The van der Waals surface area contributed by atoms with Gasteiger partial charge < -0.3 is 10.0 Å². The number of piperazine rings is 1. The first-order valence-electron chi connectivity index (χ1n) is 14.9. The lowest BCUT2D eigenvalue weighted by Crippen LogP contribution is -2.65. The Labute approximate surface area is 252 Å². The van der Waals surface area contributed by atoms with E-state index >= 15 is 0 Å². The van der Waals surface area contributed by atoms with Gasteiger partial charge in [0.15, 0.2) is 0 Å². The first kappa shape index (κ1) is 29.9. The molecule has 8 heteroatoms.